The maximum atomic E-state index is 11.7. The molecule has 188 valence electrons. The van der Waals surface area contributed by atoms with Crippen molar-refractivity contribution in [2.45, 2.75) is 39.2 Å². The lowest BCUT2D eigenvalue weighted by Crippen LogP contribution is -2.26. The summed E-state index contributed by atoms with van der Waals surface area (Å²) in [6.45, 7) is 7.49. The van der Waals surface area contributed by atoms with Gasteiger partial charge >= 0.3 is 0 Å². The van der Waals surface area contributed by atoms with E-state index in [1.54, 1.807) is 12.1 Å². The molecule has 3 rings (SSSR count). The van der Waals surface area contributed by atoms with Crippen LogP contribution in [0.1, 0.15) is 33.4 Å². The third-order valence-corrected chi connectivity index (χ3v) is 9.45. The van der Waals surface area contributed by atoms with Crippen molar-refractivity contribution in [3.05, 3.63) is 81.9 Å². The summed E-state index contributed by atoms with van der Waals surface area (Å²) in [5.41, 5.74) is 4.21. The summed E-state index contributed by atoms with van der Waals surface area (Å²) in [7, 11) is -8.45. The number of rotatable bonds is 8. The van der Waals surface area contributed by atoms with Gasteiger partial charge in [0.15, 0.2) is 0 Å². The molecular weight excluding hydrogens is 507 g/mol. The summed E-state index contributed by atoms with van der Waals surface area (Å²) in [5.74, 6) is -0.746. The zero-order valence-corrected chi connectivity index (χ0v) is 22.8. The van der Waals surface area contributed by atoms with E-state index in [4.69, 9.17) is 4.74 Å². The van der Waals surface area contributed by atoms with Gasteiger partial charge in [0.1, 0.15) is 17.3 Å². The van der Waals surface area contributed by atoms with Crippen LogP contribution < -0.4 is 20.7 Å². The maximum absolute atomic E-state index is 11.7. The smallest absolute Gasteiger partial charge is 0.269 e. The summed E-state index contributed by atoms with van der Waals surface area (Å²) in [6.07, 6.45) is 0. The average Bonchev–Trinajstić information content (AvgIpc) is 2.69. The summed E-state index contributed by atoms with van der Waals surface area (Å²) < 4.78 is 71.7. The van der Waals surface area contributed by atoms with Crippen LogP contribution in [0.2, 0.25) is 0 Å². The molecule has 0 aliphatic rings. The Hall–Kier alpha value is -2.29. The Morgan fingerprint density at radius 3 is 1.83 bits per heavy atom. The van der Waals surface area contributed by atoms with Gasteiger partial charge in [-0.25, -0.2) is 0 Å². The fraction of sp³-hybridized carbons (Fsp3) is 0.280. The molecule has 0 spiro atoms. The van der Waals surface area contributed by atoms with Crippen LogP contribution >= 0.6 is 7.92 Å². The maximum Gasteiger partial charge on any atom is 0.269 e. The van der Waals surface area contributed by atoms with Crippen LogP contribution in [0.15, 0.2) is 48.5 Å². The monoisotopic (exact) mass is 536 g/mol. The zero-order valence-electron chi connectivity index (χ0n) is 20.2. The summed E-state index contributed by atoms with van der Waals surface area (Å²) in [4.78, 5) is 0. The molecular formula is C25H29O7PS2. The molecule has 0 amide bonds. The quantitative estimate of drug-likeness (QED) is 0.334. The van der Waals surface area contributed by atoms with Crippen LogP contribution in [-0.4, -0.2) is 33.1 Å². The first kappa shape index (κ1) is 27.3. The highest BCUT2D eigenvalue weighted by Gasteiger charge is 2.27. The molecule has 0 heterocycles. The van der Waals surface area contributed by atoms with Gasteiger partial charge in [0, 0.05) is 10.9 Å². The van der Waals surface area contributed by atoms with Gasteiger partial charge in [-0.1, -0.05) is 53.6 Å². The van der Waals surface area contributed by atoms with Gasteiger partial charge in [-0.15, -0.1) is 0 Å². The van der Waals surface area contributed by atoms with Crippen molar-refractivity contribution in [1.29, 1.82) is 0 Å². The van der Waals surface area contributed by atoms with Crippen LogP contribution in [-0.2, 0) is 31.7 Å². The van der Waals surface area contributed by atoms with Crippen LogP contribution in [0.4, 0.5) is 0 Å². The van der Waals surface area contributed by atoms with E-state index >= 15 is 0 Å². The second-order valence-electron chi connectivity index (χ2n) is 8.67. The van der Waals surface area contributed by atoms with Crippen molar-refractivity contribution in [1.82, 2.24) is 0 Å². The van der Waals surface area contributed by atoms with Crippen LogP contribution in [0, 0.1) is 27.7 Å². The molecule has 0 radical (unpaired) electrons. The molecule has 0 aromatic heterocycles. The second-order valence-corrected chi connectivity index (χ2v) is 13.7. The van der Waals surface area contributed by atoms with Gasteiger partial charge < -0.3 is 4.74 Å². The predicted octanol–water partition coefficient (Wildman–Crippen LogP) is 3.46. The third kappa shape index (κ3) is 6.90. The molecule has 3 aromatic carbocycles. The van der Waals surface area contributed by atoms with Crippen LogP contribution in [0.3, 0.4) is 0 Å². The lowest BCUT2D eigenvalue weighted by Gasteiger charge is -2.26. The Labute approximate surface area is 208 Å². The van der Waals surface area contributed by atoms with Gasteiger partial charge in [-0.2, -0.15) is 16.8 Å². The van der Waals surface area contributed by atoms with Crippen molar-refractivity contribution in [2.75, 3.05) is 7.11 Å². The minimum Gasteiger partial charge on any atom is -0.496 e. The molecule has 1 unspecified atom stereocenters. The zero-order chi connectivity index (χ0) is 26.1. The lowest BCUT2D eigenvalue weighted by atomic mass is 10.1. The van der Waals surface area contributed by atoms with E-state index in [1.807, 2.05) is 64.1 Å². The molecule has 7 nitrogen and oxygen atoms in total. The first-order chi connectivity index (χ1) is 16.2. The SMILES string of the molecule is COc1c(CS(=O)(=O)O)cc(C)cc1P(c1cccc(C)c1)c1cc(C)cc(CS(=O)(=O)O)c1C. The molecule has 0 bridgehead atoms. The number of hydrogen-bond donors (Lipinski definition) is 2. The number of methoxy groups -OCH3 is 1. The summed E-state index contributed by atoms with van der Waals surface area (Å²) >= 11 is 0. The molecule has 2 N–H and O–H groups in total. The van der Waals surface area contributed by atoms with Gasteiger partial charge in [0.2, 0.25) is 0 Å². The molecule has 1 atom stereocenters. The highest BCUT2D eigenvalue weighted by molar-refractivity contribution is 7.85. The Balaban J connectivity index is 2.41. The fourth-order valence-corrected chi connectivity index (χ4v) is 8.47. The van der Waals surface area contributed by atoms with E-state index in [-0.39, 0.29) is 0 Å². The molecule has 0 aliphatic heterocycles. The van der Waals surface area contributed by atoms with Crippen molar-refractivity contribution < 1.29 is 30.7 Å². The first-order valence-electron chi connectivity index (χ1n) is 10.7. The van der Waals surface area contributed by atoms with E-state index in [2.05, 4.69) is 0 Å². The highest BCUT2D eigenvalue weighted by Crippen LogP contribution is 2.40. The van der Waals surface area contributed by atoms with E-state index in [0.717, 1.165) is 38.2 Å². The number of ether oxygens (including phenoxy) is 1. The van der Waals surface area contributed by atoms with Crippen LogP contribution in [0.25, 0.3) is 0 Å². The predicted molar refractivity (Wildman–Crippen MR) is 141 cm³/mol. The number of aryl methyl sites for hydroxylation is 3. The van der Waals surface area contributed by atoms with Gasteiger partial charge in [-0.3, -0.25) is 9.11 Å². The van der Waals surface area contributed by atoms with Gasteiger partial charge in [-0.05, 0) is 69.0 Å². The lowest BCUT2D eigenvalue weighted by molar-refractivity contribution is 0.413. The molecule has 0 fully saturated rings. The largest absolute Gasteiger partial charge is 0.496 e. The Bertz CT molecular complexity index is 1480. The second kappa shape index (κ2) is 10.4. The molecule has 35 heavy (non-hydrogen) atoms. The topological polar surface area (TPSA) is 118 Å². The molecule has 0 saturated carbocycles. The van der Waals surface area contributed by atoms with Crippen molar-refractivity contribution in [3.8, 4) is 5.75 Å². The minimum absolute atomic E-state index is 0.341. The average molecular weight is 537 g/mol. The fourth-order valence-electron chi connectivity index (χ4n) is 4.20. The molecule has 10 heteroatoms. The van der Waals surface area contributed by atoms with Crippen molar-refractivity contribution >= 4 is 44.1 Å². The van der Waals surface area contributed by atoms with E-state index in [1.165, 1.54) is 7.11 Å². The first-order valence-corrected chi connectivity index (χ1v) is 15.3. The van der Waals surface area contributed by atoms with Crippen LogP contribution in [0.5, 0.6) is 5.75 Å². The van der Waals surface area contributed by atoms with Gasteiger partial charge in [0.05, 0.1) is 7.11 Å². The van der Waals surface area contributed by atoms with Gasteiger partial charge in [0.25, 0.3) is 20.2 Å². The number of benzene rings is 3. The standard InChI is InChI=1S/C25H29O7PS2/c1-16-7-6-8-22(11-16)33(23-12-17(2)9-20(19(23)4)14-34(26,27)28)24-13-18(3)10-21(25(24)32-5)15-35(29,30)31/h6-13H,14-15H2,1-5H3,(H,26,27,28)(H,29,30,31). The minimum atomic E-state index is -4.31. The summed E-state index contributed by atoms with van der Waals surface area (Å²) in [5, 5.41) is 2.58. The Morgan fingerprint density at radius 1 is 0.743 bits per heavy atom. The number of hydrogen-bond acceptors (Lipinski definition) is 5. The molecule has 0 saturated heterocycles. The van der Waals surface area contributed by atoms with Crippen molar-refractivity contribution in [3.63, 3.8) is 0 Å². The molecule has 3 aromatic rings. The Kier molecular flexibility index (Phi) is 8.09. The summed E-state index contributed by atoms with van der Waals surface area (Å²) in [6, 6.07) is 15.3. The normalized spacial score (nSPS) is 13.0. The van der Waals surface area contributed by atoms with E-state index < -0.39 is 39.7 Å². The highest BCUT2D eigenvalue weighted by atomic mass is 32.2. The molecule has 0 aliphatic carbocycles. The van der Waals surface area contributed by atoms with Crippen molar-refractivity contribution in [2.24, 2.45) is 0 Å². The Morgan fingerprint density at radius 2 is 1.29 bits per heavy atom. The van der Waals surface area contributed by atoms with E-state index in [9.17, 15) is 25.9 Å². The third-order valence-electron chi connectivity index (χ3n) is 5.54. The van der Waals surface area contributed by atoms with E-state index in [0.29, 0.717) is 16.9 Å².